The number of hydrazone groups is 1. The largest absolute Gasteiger partial charge is 0.494 e. The maximum atomic E-state index is 13.6. The molecule has 0 spiro atoms. The number of thioether (sulfide) groups is 1. The Morgan fingerprint density at radius 3 is 2.47 bits per heavy atom. The number of aliphatic imine (C=N–C) groups is 1. The van der Waals surface area contributed by atoms with Crippen molar-refractivity contribution in [3.05, 3.63) is 95.3 Å². The Morgan fingerprint density at radius 2 is 1.79 bits per heavy atom. The predicted octanol–water partition coefficient (Wildman–Crippen LogP) is 5.71. The number of benzene rings is 3. The van der Waals surface area contributed by atoms with Crippen LogP contribution < -0.4 is 10.1 Å². The van der Waals surface area contributed by atoms with Crippen molar-refractivity contribution in [1.29, 1.82) is 0 Å². The molecule has 0 radical (unpaired) electrons. The molecule has 2 atom stereocenters. The zero-order valence-electron chi connectivity index (χ0n) is 21.1. The molecule has 2 amide bonds. The topological polar surface area (TPSA) is 83.4 Å². The van der Waals surface area contributed by atoms with Crippen molar-refractivity contribution in [3.8, 4) is 5.75 Å². The number of nitrogens with one attached hydrogen (secondary N) is 1. The van der Waals surface area contributed by atoms with Gasteiger partial charge in [0.15, 0.2) is 5.17 Å². The fourth-order valence-corrected chi connectivity index (χ4v) is 5.40. The number of anilines is 1. The lowest BCUT2D eigenvalue weighted by Crippen LogP contribution is -2.25. The molecule has 0 unspecified atom stereocenters. The summed E-state index contributed by atoms with van der Waals surface area (Å²) in [6.45, 7) is 4.49. The zero-order valence-corrected chi connectivity index (χ0v) is 21.9. The van der Waals surface area contributed by atoms with Gasteiger partial charge < -0.3 is 10.1 Å². The summed E-state index contributed by atoms with van der Waals surface area (Å²) in [6, 6.07) is 21.2. The monoisotopic (exact) mass is 530 g/mol. The number of carbonyl (C=O) groups is 2. The molecule has 1 N–H and O–H groups in total. The summed E-state index contributed by atoms with van der Waals surface area (Å²) < 4.78 is 19.1. The molecule has 2 aliphatic heterocycles. The van der Waals surface area contributed by atoms with Crippen molar-refractivity contribution >= 4 is 40.1 Å². The SMILES string of the molecule is CCOc1ccc(NC(=O)C[C@@H]2SC(N3N=C(c4ccc(C)cc4)C[C@H]3c3ccc(F)cc3)=NC2=O)cc1. The molecule has 0 aliphatic carbocycles. The highest BCUT2D eigenvalue weighted by molar-refractivity contribution is 8.15. The quantitative estimate of drug-likeness (QED) is 0.423. The van der Waals surface area contributed by atoms with Gasteiger partial charge >= 0.3 is 0 Å². The molecule has 2 heterocycles. The highest BCUT2D eigenvalue weighted by atomic mass is 32.2. The summed E-state index contributed by atoms with van der Waals surface area (Å²) in [5.41, 5.74) is 4.47. The first-order valence-electron chi connectivity index (χ1n) is 12.4. The van der Waals surface area contributed by atoms with Crippen molar-refractivity contribution in [1.82, 2.24) is 5.01 Å². The standard InChI is InChI=1S/C29H27FN4O3S/c1-3-37-23-14-12-22(13-15-23)31-27(35)17-26-28(36)32-29(38-26)34-25(20-8-10-21(30)11-9-20)16-24(33-34)19-6-4-18(2)5-7-19/h4-15,25-26H,3,16-17H2,1-2H3,(H,31,35)/t25-,26-/m0/s1. The lowest BCUT2D eigenvalue weighted by molar-refractivity contribution is -0.121. The highest BCUT2D eigenvalue weighted by Gasteiger charge is 2.39. The Hall–Kier alpha value is -3.98. The average Bonchev–Trinajstić information content (AvgIpc) is 3.50. The van der Waals surface area contributed by atoms with Gasteiger partial charge in [-0.25, -0.2) is 9.40 Å². The van der Waals surface area contributed by atoms with Crippen LogP contribution in [0.15, 0.2) is 82.9 Å². The first kappa shape index (κ1) is 25.7. The van der Waals surface area contributed by atoms with Crippen molar-refractivity contribution in [3.63, 3.8) is 0 Å². The van der Waals surface area contributed by atoms with Gasteiger partial charge in [0.05, 0.1) is 18.4 Å². The second-order valence-electron chi connectivity index (χ2n) is 9.08. The molecule has 5 rings (SSSR count). The number of ether oxygens (including phenoxy) is 1. The first-order valence-corrected chi connectivity index (χ1v) is 13.3. The number of aryl methyl sites for hydroxylation is 1. The lowest BCUT2D eigenvalue weighted by Gasteiger charge is -2.23. The number of amides is 2. The molecule has 2 aliphatic rings. The van der Waals surface area contributed by atoms with E-state index in [4.69, 9.17) is 9.84 Å². The van der Waals surface area contributed by atoms with E-state index < -0.39 is 5.25 Å². The van der Waals surface area contributed by atoms with E-state index in [1.165, 1.54) is 23.9 Å². The van der Waals surface area contributed by atoms with Crippen LogP contribution in [-0.2, 0) is 9.59 Å². The summed E-state index contributed by atoms with van der Waals surface area (Å²) in [7, 11) is 0. The Kier molecular flexibility index (Phi) is 7.55. The summed E-state index contributed by atoms with van der Waals surface area (Å²) in [5, 5.41) is 9.17. The van der Waals surface area contributed by atoms with Crippen LogP contribution in [0, 0.1) is 12.7 Å². The van der Waals surface area contributed by atoms with E-state index in [-0.39, 0.29) is 30.1 Å². The van der Waals surface area contributed by atoms with Crippen LogP contribution in [0.2, 0.25) is 0 Å². The first-order chi connectivity index (χ1) is 18.4. The average molecular weight is 531 g/mol. The van der Waals surface area contributed by atoms with Gasteiger partial charge in [-0.2, -0.15) is 10.1 Å². The van der Waals surface area contributed by atoms with Crippen LogP contribution in [0.1, 0.15) is 42.5 Å². The minimum absolute atomic E-state index is 0.0205. The Morgan fingerprint density at radius 1 is 1.08 bits per heavy atom. The third-order valence-electron chi connectivity index (χ3n) is 6.29. The van der Waals surface area contributed by atoms with Crippen molar-refractivity contribution in [2.75, 3.05) is 11.9 Å². The van der Waals surface area contributed by atoms with Crippen molar-refractivity contribution < 1.29 is 18.7 Å². The number of hydrogen-bond acceptors (Lipinski definition) is 6. The molecule has 3 aromatic rings. The number of amidine groups is 1. The maximum Gasteiger partial charge on any atom is 0.262 e. The number of nitrogens with zero attached hydrogens (tertiary/aromatic N) is 3. The predicted molar refractivity (Wildman–Crippen MR) is 148 cm³/mol. The van der Waals surface area contributed by atoms with E-state index in [0.29, 0.717) is 23.9 Å². The van der Waals surface area contributed by atoms with Crippen LogP contribution >= 0.6 is 11.8 Å². The highest BCUT2D eigenvalue weighted by Crippen LogP contribution is 2.38. The number of halogens is 1. The maximum absolute atomic E-state index is 13.6. The van der Waals surface area contributed by atoms with Gasteiger partial charge in [0.2, 0.25) is 5.91 Å². The van der Waals surface area contributed by atoms with Crippen LogP contribution in [0.25, 0.3) is 0 Å². The lowest BCUT2D eigenvalue weighted by atomic mass is 9.98. The fraction of sp³-hybridized carbons (Fsp3) is 0.241. The van der Waals surface area contributed by atoms with Crippen LogP contribution in [0.5, 0.6) is 5.75 Å². The molecular weight excluding hydrogens is 503 g/mol. The minimum atomic E-state index is -0.653. The fourth-order valence-electron chi connectivity index (χ4n) is 4.34. The van der Waals surface area contributed by atoms with Gasteiger partial charge in [0.25, 0.3) is 5.91 Å². The second kappa shape index (κ2) is 11.2. The van der Waals surface area contributed by atoms with Crippen LogP contribution in [0.3, 0.4) is 0 Å². The van der Waals surface area contributed by atoms with Crippen LogP contribution in [0.4, 0.5) is 10.1 Å². The van der Waals surface area contributed by atoms with E-state index in [1.807, 2.05) is 38.1 Å². The molecule has 7 nitrogen and oxygen atoms in total. The van der Waals surface area contributed by atoms with E-state index in [1.54, 1.807) is 41.4 Å². The summed E-state index contributed by atoms with van der Waals surface area (Å²) in [4.78, 5) is 29.8. The number of carbonyl (C=O) groups excluding carboxylic acids is 2. The molecule has 0 fully saturated rings. The van der Waals surface area contributed by atoms with E-state index in [9.17, 15) is 14.0 Å². The van der Waals surface area contributed by atoms with E-state index >= 15 is 0 Å². The Labute approximate surface area is 224 Å². The molecule has 3 aromatic carbocycles. The molecule has 0 saturated heterocycles. The van der Waals surface area contributed by atoms with Crippen LogP contribution in [-0.4, -0.2) is 39.6 Å². The Bertz CT molecular complexity index is 1390. The van der Waals surface area contributed by atoms with Gasteiger partial charge in [-0.1, -0.05) is 53.7 Å². The van der Waals surface area contributed by atoms with Gasteiger partial charge in [0.1, 0.15) is 16.8 Å². The van der Waals surface area contributed by atoms with Crippen molar-refractivity contribution in [2.45, 2.75) is 38.0 Å². The Balaban J connectivity index is 1.31. The van der Waals surface area contributed by atoms with Gasteiger partial charge in [-0.05, 0) is 61.4 Å². The number of rotatable bonds is 7. The zero-order chi connectivity index (χ0) is 26.6. The second-order valence-corrected chi connectivity index (χ2v) is 10.2. The van der Waals surface area contributed by atoms with E-state index in [2.05, 4.69) is 10.3 Å². The third kappa shape index (κ3) is 5.78. The summed E-state index contributed by atoms with van der Waals surface area (Å²) in [5.74, 6) is -0.253. The molecule has 194 valence electrons. The summed E-state index contributed by atoms with van der Waals surface area (Å²) in [6.07, 6.45) is 0.554. The molecular formula is C29H27FN4O3S. The molecule has 0 aromatic heterocycles. The van der Waals surface area contributed by atoms with E-state index in [0.717, 1.165) is 28.2 Å². The molecule has 38 heavy (non-hydrogen) atoms. The molecule has 0 bridgehead atoms. The third-order valence-corrected chi connectivity index (χ3v) is 7.44. The van der Waals surface area contributed by atoms with Gasteiger partial charge in [0, 0.05) is 18.5 Å². The van der Waals surface area contributed by atoms with Gasteiger partial charge in [-0.15, -0.1) is 0 Å². The smallest absolute Gasteiger partial charge is 0.262 e. The number of hydrogen-bond donors (Lipinski definition) is 1. The molecule has 0 saturated carbocycles. The van der Waals surface area contributed by atoms with Gasteiger partial charge in [-0.3, -0.25) is 9.59 Å². The van der Waals surface area contributed by atoms with Crippen molar-refractivity contribution in [2.24, 2.45) is 10.1 Å². The normalized spacial score (nSPS) is 18.8. The minimum Gasteiger partial charge on any atom is -0.494 e. The summed E-state index contributed by atoms with van der Waals surface area (Å²) >= 11 is 1.23. The molecule has 9 heteroatoms.